The van der Waals surface area contributed by atoms with Gasteiger partial charge in [0.25, 0.3) is 5.91 Å². The Morgan fingerprint density at radius 3 is 2.90 bits per heavy atom. The molecule has 1 aromatic carbocycles. The fourth-order valence-electron chi connectivity index (χ4n) is 2.36. The number of nitrogens with one attached hydrogen (secondary N) is 2. The van der Waals surface area contributed by atoms with Crippen molar-refractivity contribution in [3.05, 3.63) is 32.9 Å². The van der Waals surface area contributed by atoms with E-state index >= 15 is 0 Å². The summed E-state index contributed by atoms with van der Waals surface area (Å²) >= 11 is 2.24. The third-order valence-electron chi connectivity index (χ3n) is 3.58. The monoisotopic (exact) mass is 387 g/mol. The molecule has 5 heteroatoms. The van der Waals surface area contributed by atoms with E-state index in [4.69, 9.17) is 0 Å². The first-order valence-electron chi connectivity index (χ1n) is 7.15. The molecular formula is C15H22IN3O. The Morgan fingerprint density at radius 1 is 1.40 bits per heavy atom. The molecule has 0 aliphatic carbocycles. The standard InChI is InChI=1S/C15H22IN3O/c1-12-4-2-5-13(14(12)16)15(20)18-6-3-9-19-10-7-17-8-11-19/h2,4-5,17H,3,6-11H2,1H3,(H,18,20). The van der Waals surface area contributed by atoms with Gasteiger partial charge in [0.2, 0.25) is 0 Å². The molecule has 0 unspecified atom stereocenters. The highest BCUT2D eigenvalue weighted by molar-refractivity contribution is 14.1. The van der Waals surface area contributed by atoms with Crippen molar-refractivity contribution in [3.8, 4) is 0 Å². The first-order chi connectivity index (χ1) is 9.68. The van der Waals surface area contributed by atoms with Gasteiger partial charge in [0.1, 0.15) is 0 Å². The van der Waals surface area contributed by atoms with E-state index in [1.807, 2.05) is 25.1 Å². The lowest BCUT2D eigenvalue weighted by atomic mass is 10.1. The lowest BCUT2D eigenvalue weighted by Gasteiger charge is -2.27. The summed E-state index contributed by atoms with van der Waals surface area (Å²) in [5, 5.41) is 6.36. The van der Waals surface area contributed by atoms with Gasteiger partial charge < -0.3 is 15.5 Å². The smallest absolute Gasteiger partial charge is 0.252 e. The molecule has 0 aromatic heterocycles. The van der Waals surface area contributed by atoms with Gasteiger partial charge in [-0.05, 0) is 54.1 Å². The normalized spacial score (nSPS) is 16.1. The Labute approximate surface area is 134 Å². The number of hydrogen-bond acceptors (Lipinski definition) is 3. The minimum Gasteiger partial charge on any atom is -0.352 e. The van der Waals surface area contributed by atoms with Crippen molar-refractivity contribution in [3.63, 3.8) is 0 Å². The average Bonchev–Trinajstić information content (AvgIpc) is 2.47. The van der Waals surface area contributed by atoms with E-state index in [0.717, 1.165) is 60.4 Å². The van der Waals surface area contributed by atoms with Crippen LogP contribution in [-0.2, 0) is 0 Å². The number of halogens is 1. The first-order valence-corrected chi connectivity index (χ1v) is 8.23. The Bertz CT molecular complexity index is 458. The predicted molar refractivity (Wildman–Crippen MR) is 90.2 cm³/mol. The summed E-state index contributed by atoms with van der Waals surface area (Å²) in [6, 6.07) is 5.86. The topological polar surface area (TPSA) is 44.4 Å². The first kappa shape index (κ1) is 15.7. The molecule has 20 heavy (non-hydrogen) atoms. The molecule has 0 spiro atoms. The maximum absolute atomic E-state index is 12.1. The van der Waals surface area contributed by atoms with E-state index in [0.29, 0.717) is 0 Å². The van der Waals surface area contributed by atoms with Gasteiger partial charge in [0.05, 0.1) is 5.56 Å². The molecule has 0 saturated carbocycles. The molecule has 2 N–H and O–H groups in total. The summed E-state index contributed by atoms with van der Waals surface area (Å²) in [5.74, 6) is 0.0402. The Kier molecular flexibility index (Phi) is 6.25. The van der Waals surface area contributed by atoms with E-state index in [1.165, 1.54) is 0 Å². The summed E-state index contributed by atoms with van der Waals surface area (Å²) in [5.41, 5.74) is 1.94. The molecule has 1 aliphatic rings. The fraction of sp³-hybridized carbons (Fsp3) is 0.533. The zero-order valence-electron chi connectivity index (χ0n) is 11.9. The second kappa shape index (κ2) is 7.95. The molecule has 1 aromatic rings. The number of carbonyl (C=O) groups excluding carboxylic acids is 1. The number of hydrogen-bond donors (Lipinski definition) is 2. The number of aryl methyl sites for hydroxylation is 1. The molecule has 110 valence electrons. The van der Waals surface area contributed by atoms with Crippen LogP contribution in [0.3, 0.4) is 0 Å². The third kappa shape index (κ3) is 4.43. The van der Waals surface area contributed by atoms with E-state index in [9.17, 15) is 4.79 Å². The number of piperazine rings is 1. The van der Waals surface area contributed by atoms with Crippen molar-refractivity contribution < 1.29 is 4.79 Å². The quantitative estimate of drug-likeness (QED) is 0.596. The number of benzene rings is 1. The van der Waals surface area contributed by atoms with E-state index < -0.39 is 0 Å². The zero-order valence-corrected chi connectivity index (χ0v) is 14.1. The molecule has 0 atom stereocenters. The summed E-state index contributed by atoms with van der Waals surface area (Å²) in [6.07, 6.45) is 1.01. The molecule has 1 fully saturated rings. The maximum atomic E-state index is 12.1. The van der Waals surface area contributed by atoms with E-state index in [-0.39, 0.29) is 5.91 Å². The predicted octanol–water partition coefficient (Wildman–Crippen LogP) is 1.62. The number of carbonyl (C=O) groups is 1. The second-order valence-electron chi connectivity index (χ2n) is 5.14. The van der Waals surface area contributed by atoms with Crippen LogP contribution < -0.4 is 10.6 Å². The number of nitrogens with zero attached hydrogens (tertiary/aromatic N) is 1. The van der Waals surface area contributed by atoms with Gasteiger partial charge in [-0.1, -0.05) is 12.1 Å². The largest absolute Gasteiger partial charge is 0.352 e. The molecule has 1 aliphatic heterocycles. The van der Waals surface area contributed by atoms with E-state index in [1.54, 1.807) is 0 Å². The van der Waals surface area contributed by atoms with Gasteiger partial charge in [-0.15, -0.1) is 0 Å². The Balaban J connectivity index is 1.73. The van der Waals surface area contributed by atoms with Crippen molar-refractivity contribution in [2.45, 2.75) is 13.3 Å². The lowest BCUT2D eigenvalue weighted by Crippen LogP contribution is -2.44. The van der Waals surface area contributed by atoms with Crippen LogP contribution in [0.1, 0.15) is 22.3 Å². The van der Waals surface area contributed by atoms with Crippen LogP contribution >= 0.6 is 22.6 Å². The molecule has 1 saturated heterocycles. The molecule has 1 amide bonds. The maximum Gasteiger partial charge on any atom is 0.252 e. The molecular weight excluding hydrogens is 365 g/mol. The number of amides is 1. The van der Waals surface area contributed by atoms with Crippen molar-refractivity contribution in [1.29, 1.82) is 0 Å². The highest BCUT2D eigenvalue weighted by Crippen LogP contribution is 2.16. The van der Waals surface area contributed by atoms with Crippen LogP contribution in [0.2, 0.25) is 0 Å². The van der Waals surface area contributed by atoms with Crippen LogP contribution in [0.4, 0.5) is 0 Å². The summed E-state index contributed by atoms with van der Waals surface area (Å²) in [4.78, 5) is 14.6. The molecule has 2 rings (SSSR count). The highest BCUT2D eigenvalue weighted by Gasteiger charge is 2.11. The Hall–Kier alpha value is -0.660. The van der Waals surface area contributed by atoms with Crippen LogP contribution in [0.25, 0.3) is 0 Å². The average molecular weight is 387 g/mol. The van der Waals surface area contributed by atoms with Gasteiger partial charge in [-0.3, -0.25) is 4.79 Å². The van der Waals surface area contributed by atoms with Crippen LogP contribution in [0, 0.1) is 10.5 Å². The molecule has 4 nitrogen and oxygen atoms in total. The Morgan fingerprint density at radius 2 is 2.15 bits per heavy atom. The minimum absolute atomic E-state index is 0.0402. The van der Waals surface area contributed by atoms with Crippen LogP contribution in [0.5, 0.6) is 0 Å². The van der Waals surface area contributed by atoms with Gasteiger partial charge in [0.15, 0.2) is 0 Å². The number of rotatable bonds is 5. The summed E-state index contributed by atoms with van der Waals surface area (Å²) < 4.78 is 1.05. The van der Waals surface area contributed by atoms with Gasteiger partial charge in [-0.25, -0.2) is 0 Å². The lowest BCUT2D eigenvalue weighted by molar-refractivity contribution is 0.0950. The second-order valence-corrected chi connectivity index (χ2v) is 6.22. The SMILES string of the molecule is Cc1cccc(C(=O)NCCCN2CCNCC2)c1I. The van der Waals surface area contributed by atoms with Gasteiger partial charge in [-0.2, -0.15) is 0 Å². The van der Waals surface area contributed by atoms with Crippen molar-refractivity contribution in [2.75, 3.05) is 39.3 Å². The zero-order chi connectivity index (χ0) is 14.4. The van der Waals surface area contributed by atoms with Crippen LogP contribution in [0.15, 0.2) is 18.2 Å². The summed E-state index contributed by atoms with van der Waals surface area (Å²) in [7, 11) is 0. The van der Waals surface area contributed by atoms with Gasteiger partial charge in [0, 0.05) is 36.3 Å². The van der Waals surface area contributed by atoms with Crippen molar-refractivity contribution in [1.82, 2.24) is 15.5 Å². The summed E-state index contributed by atoms with van der Waals surface area (Å²) in [6.45, 7) is 8.22. The molecule has 0 bridgehead atoms. The van der Waals surface area contributed by atoms with Gasteiger partial charge >= 0.3 is 0 Å². The van der Waals surface area contributed by atoms with Crippen molar-refractivity contribution >= 4 is 28.5 Å². The van der Waals surface area contributed by atoms with Crippen molar-refractivity contribution in [2.24, 2.45) is 0 Å². The fourth-order valence-corrected chi connectivity index (χ4v) is 2.96. The molecule has 1 heterocycles. The molecule has 0 radical (unpaired) electrons. The highest BCUT2D eigenvalue weighted by atomic mass is 127. The van der Waals surface area contributed by atoms with Crippen LogP contribution in [-0.4, -0.2) is 50.1 Å². The van der Waals surface area contributed by atoms with E-state index in [2.05, 4.69) is 38.1 Å². The minimum atomic E-state index is 0.0402. The third-order valence-corrected chi connectivity index (χ3v) is 5.01.